The van der Waals surface area contributed by atoms with Crippen molar-refractivity contribution in [2.24, 2.45) is 0 Å². The van der Waals surface area contributed by atoms with Gasteiger partial charge in [-0.3, -0.25) is 0 Å². The first-order valence-corrected chi connectivity index (χ1v) is 10.6. The summed E-state index contributed by atoms with van der Waals surface area (Å²) in [4.78, 5) is 4.61. The minimum absolute atomic E-state index is 0. The maximum atomic E-state index is 12.7. The summed E-state index contributed by atoms with van der Waals surface area (Å²) in [7, 11) is 4.19. The second-order valence-electron chi connectivity index (χ2n) is 8.83. The Kier molecular flexibility index (Phi) is 10.9. The molecule has 1 aliphatic carbocycles. The normalized spacial score (nSPS) is 21.1. The summed E-state index contributed by atoms with van der Waals surface area (Å²) in [5.41, 5.74) is -0.154. The Morgan fingerprint density at radius 1 is 1.13 bits per heavy atom. The molecule has 1 aromatic carbocycles. The first-order chi connectivity index (χ1) is 13.7. The van der Waals surface area contributed by atoms with Gasteiger partial charge in [-0.05, 0) is 70.6 Å². The van der Waals surface area contributed by atoms with Gasteiger partial charge in [0.1, 0.15) is 5.75 Å². The highest BCUT2D eigenvalue weighted by atomic mass is 35.5. The minimum Gasteiger partial charge on any atom is -0.406 e. The number of rotatable bonds is 6. The lowest BCUT2D eigenvalue weighted by atomic mass is 9.72. The Bertz CT molecular complexity index is 662. The SMILES string of the molecule is CN(C)C1CCN(CC(c2cccc(OC(F)(F)F)c2)C2(O)CCCCC2)CC1.Cl.Cl. The fraction of sp³-hybridized carbons (Fsp3) is 0.727. The third-order valence-corrected chi connectivity index (χ3v) is 6.59. The molecule has 0 bridgehead atoms. The maximum absolute atomic E-state index is 12.7. The maximum Gasteiger partial charge on any atom is 0.573 e. The summed E-state index contributed by atoms with van der Waals surface area (Å²) >= 11 is 0. The Labute approximate surface area is 195 Å². The number of ether oxygens (including phenoxy) is 1. The van der Waals surface area contributed by atoms with Gasteiger partial charge in [-0.25, -0.2) is 0 Å². The smallest absolute Gasteiger partial charge is 0.406 e. The highest BCUT2D eigenvalue weighted by Gasteiger charge is 2.40. The van der Waals surface area contributed by atoms with E-state index in [-0.39, 0.29) is 36.5 Å². The van der Waals surface area contributed by atoms with Crippen molar-refractivity contribution in [3.05, 3.63) is 29.8 Å². The second kappa shape index (κ2) is 11.9. The monoisotopic (exact) mass is 486 g/mol. The van der Waals surface area contributed by atoms with E-state index in [9.17, 15) is 18.3 Å². The Balaban J connectivity index is 0.00000240. The summed E-state index contributed by atoms with van der Waals surface area (Å²) in [6, 6.07) is 6.76. The summed E-state index contributed by atoms with van der Waals surface area (Å²) < 4.78 is 42.2. The third-order valence-electron chi connectivity index (χ3n) is 6.59. The predicted molar refractivity (Wildman–Crippen MR) is 122 cm³/mol. The number of aliphatic hydroxyl groups is 1. The van der Waals surface area contributed by atoms with E-state index in [4.69, 9.17) is 0 Å². The summed E-state index contributed by atoms with van der Waals surface area (Å²) in [5.74, 6) is -0.443. The second-order valence-corrected chi connectivity index (χ2v) is 8.83. The third kappa shape index (κ3) is 7.97. The number of hydrogen-bond donors (Lipinski definition) is 1. The van der Waals surface area contributed by atoms with E-state index in [0.29, 0.717) is 25.4 Å². The van der Waals surface area contributed by atoms with E-state index < -0.39 is 12.0 Å². The van der Waals surface area contributed by atoms with Crippen LogP contribution >= 0.6 is 24.8 Å². The number of piperidine rings is 1. The number of nitrogens with zero attached hydrogens (tertiary/aromatic N) is 2. The fourth-order valence-corrected chi connectivity index (χ4v) is 4.90. The Morgan fingerprint density at radius 3 is 2.29 bits per heavy atom. The molecule has 1 atom stereocenters. The van der Waals surface area contributed by atoms with Gasteiger partial charge in [-0.2, -0.15) is 0 Å². The van der Waals surface area contributed by atoms with Crippen LogP contribution in [0.5, 0.6) is 5.75 Å². The lowest BCUT2D eigenvalue weighted by Gasteiger charge is -2.43. The molecule has 1 aliphatic heterocycles. The minimum atomic E-state index is -4.72. The van der Waals surface area contributed by atoms with Gasteiger partial charge in [0, 0.05) is 18.5 Å². The molecule has 0 radical (unpaired) electrons. The van der Waals surface area contributed by atoms with Gasteiger partial charge < -0.3 is 19.6 Å². The topological polar surface area (TPSA) is 35.9 Å². The van der Waals surface area contributed by atoms with Crippen molar-refractivity contribution in [2.75, 3.05) is 33.7 Å². The molecule has 1 saturated heterocycles. The average Bonchev–Trinajstić information content (AvgIpc) is 2.66. The first-order valence-electron chi connectivity index (χ1n) is 10.6. The van der Waals surface area contributed by atoms with Crippen LogP contribution in [0.3, 0.4) is 0 Å². The quantitative estimate of drug-likeness (QED) is 0.596. The van der Waals surface area contributed by atoms with Gasteiger partial charge in [0.15, 0.2) is 0 Å². The largest absolute Gasteiger partial charge is 0.573 e. The lowest BCUT2D eigenvalue weighted by molar-refractivity contribution is -0.274. The van der Waals surface area contributed by atoms with Crippen molar-refractivity contribution in [2.45, 2.75) is 68.9 Å². The van der Waals surface area contributed by atoms with Crippen LogP contribution in [0.2, 0.25) is 0 Å². The molecule has 1 saturated carbocycles. The molecule has 1 aromatic rings. The zero-order valence-corrected chi connectivity index (χ0v) is 19.9. The van der Waals surface area contributed by atoms with Crippen molar-refractivity contribution in [3.63, 3.8) is 0 Å². The zero-order valence-electron chi connectivity index (χ0n) is 18.2. The van der Waals surface area contributed by atoms with E-state index in [1.165, 1.54) is 12.1 Å². The summed E-state index contributed by atoms with van der Waals surface area (Å²) in [6.45, 7) is 2.54. The molecule has 3 rings (SSSR count). The van der Waals surface area contributed by atoms with Crippen LogP contribution in [-0.4, -0.2) is 66.6 Å². The molecule has 1 unspecified atom stereocenters. The standard InChI is InChI=1S/C22H33F3N2O2.2ClH/c1-26(2)18-9-13-27(14-10-18)16-20(21(28)11-4-3-5-12-21)17-7-6-8-19(15-17)29-22(23,24)25;;/h6-8,15,18,20,28H,3-5,9-14,16H2,1-2H3;2*1H. The predicted octanol–water partition coefficient (Wildman–Crippen LogP) is 5.23. The van der Waals surface area contributed by atoms with E-state index in [0.717, 1.165) is 50.8 Å². The molecular formula is C22H35Cl2F3N2O2. The van der Waals surface area contributed by atoms with Crippen molar-refractivity contribution in [1.82, 2.24) is 9.80 Å². The molecule has 0 aromatic heterocycles. The molecule has 2 fully saturated rings. The molecule has 1 N–H and O–H groups in total. The molecule has 0 amide bonds. The van der Waals surface area contributed by atoms with Crippen molar-refractivity contribution in [3.8, 4) is 5.75 Å². The van der Waals surface area contributed by atoms with Crippen molar-refractivity contribution < 1.29 is 23.0 Å². The molecule has 31 heavy (non-hydrogen) atoms. The van der Waals surface area contributed by atoms with Crippen LogP contribution in [0.15, 0.2) is 24.3 Å². The summed E-state index contributed by atoms with van der Waals surface area (Å²) in [5, 5.41) is 11.5. The van der Waals surface area contributed by atoms with Crippen LogP contribution in [0.25, 0.3) is 0 Å². The van der Waals surface area contributed by atoms with Gasteiger partial charge in [-0.1, -0.05) is 31.4 Å². The van der Waals surface area contributed by atoms with Gasteiger partial charge >= 0.3 is 6.36 Å². The van der Waals surface area contributed by atoms with Gasteiger partial charge in [0.05, 0.1) is 5.60 Å². The van der Waals surface area contributed by atoms with E-state index in [2.05, 4.69) is 28.6 Å². The number of likely N-dealkylation sites (tertiary alicyclic amines) is 1. The van der Waals surface area contributed by atoms with Gasteiger partial charge in [0.25, 0.3) is 0 Å². The van der Waals surface area contributed by atoms with Crippen LogP contribution in [0.1, 0.15) is 56.4 Å². The van der Waals surface area contributed by atoms with Gasteiger partial charge in [-0.15, -0.1) is 38.0 Å². The van der Waals surface area contributed by atoms with Crippen molar-refractivity contribution in [1.29, 1.82) is 0 Å². The van der Waals surface area contributed by atoms with Crippen LogP contribution < -0.4 is 4.74 Å². The van der Waals surface area contributed by atoms with E-state index in [1.807, 2.05) is 6.07 Å². The van der Waals surface area contributed by atoms with Crippen LogP contribution in [0.4, 0.5) is 13.2 Å². The molecule has 2 aliphatic rings. The Morgan fingerprint density at radius 2 is 1.74 bits per heavy atom. The molecule has 180 valence electrons. The number of benzene rings is 1. The van der Waals surface area contributed by atoms with Crippen LogP contribution in [-0.2, 0) is 0 Å². The van der Waals surface area contributed by atoms with E-state index >= 15 is 0 Å². The fourth-order valence-electron chi connectivity index (χ4n) is 4.90. The highest BCUT2D eigenvalue weighted by Crippen LogP contribution is 2.42. The number of hydrogen-bond acceptors (Lipinski definition) is 4. The number of halogens is 5. The lowest BCUT2D eigenvalue weighted by Crippen LogP contribution is -2.48. The van der Waals surface area contributed by atoms with E-state index in [1.54, 1.807) is 6.07 Å². The Hall–Kier alpha value is -0.730. The molecule has 1 heterocycles. The summed E-state index contributed by atoms with van der Waals surface area (Å²) in [6.07, 6.45) is 1.80. The zero-order chi connectivity index (χ0) is 21.1. The average molecular weight is 487 g/mol. The molecule has 9 heteroatoms. The first kappa shape index (κ1) is 28.3. The van der Waals surface area contributed by atoms with Crippen LogP contribution in [0, 0.1) is 0 Å². The van der Waals surface area contributed by atoms with Gasteiger partial charge in [0.2, 0.25) is 0 Å². The number of alkyl halides is 3. The molecular weight excluding hydrogens is 452 g/mol. The molecule has 4 nitrogen and oxygen atoms in total. The molecule has 0 spiro atoms. The highest BCUT2D eigenvalue weighted by molar-refractivity contribution is 5.85. The van der Waals surface area contributed by atoms with Crippen molar-refractivity contribution >= 4 is 24.8 Å².